The summed E-state index contributed by atoms with van der Waals surface area (Å²) in [5.41, 5.74) is 3.92. The fourth-order valence-corrected chi connectivity index (χ4v) is 3.92. The van der Waals surface area contributed by atoms with Crippen molar-refractivity contribution in [1.82, 2.24) is 10.2 Å². The zero-order valence-corrected chi connectivity index (χ0v) is 16.8. The predicted octanol–water partition coefficient (Wildman–Crippen LogP) is 4.33. The summed E-state index contributed by atoms with van der Waals surface area (Å²) in [7, 11) is 3.39. The van der Waals surface area contributed by atoms with Crippen molar-refractivity contribution in [3.63, 3.8) is 0 Å². The maximum atomic E-state index is 5.54. The number of methoxy groups -OCH3 is 2. The first-order valence-electron chi connectivity index (χ1n) is 9.93. The molecule has 4 heteroatoms. The van der Waals surface area contributed by atoms with E-state index in [1.54, 1.807) is 14.2 Å². The minimum atomic E-state index is 0.343. The standard InChI is InChI=1S/C23H32N2O2/c1-18-8-7-9-19(14-18)16-24-17-21(25-12-5-4-6-13-25)20-10-11-22(26-2)23(15-20)27-3/h7-11,14-15,21,24H,4-6,12-13,16-17H2,1-3H3. The molecule has 2 aromatic carbocycles. The van der Waals surface area contributed by atoms with Gasteiger partial charge in [-0.3, -0.25) is 4.90 Å². The Kier molecular flexibility index (Phi) is 7.13. The van der Waals surface area contributed by atoms with Crippen molar-refractivity contribution in [2.45, 2.75) is 38.8 Å². The molecular formula is C23H32N2O2. The monoisotopic (exact) mass is 368 g/mol. The second-order valence-electron chi connectivity index (χ2n) is 7.35. The van der Waals surface area contributed by atoms with Crippen molar-refractivity contribution < 1.29 is 9.47 Å². The van der Waals surface area contributed by atoms with Crippen LogP contribution in [0, 0.1) is 6.92 Å². The molecule has 0 saturated carbocycles. The highest BCUT2D eigenvalue weighted by molar-refractivity contribution is 5.44. The lowest BCUT2D eigenvalue weighted by Gasteiger charge is -2.35. The van der Waals surface area contributed by atoms with Gasteiger partial charge in [0.05, 0.1) is 14.2 Å². The molecule has 146 valence electrons. The first-order valence-corrected chi connectivity index (χ1v) is 9.93. The molecule has 27 heavy (non-hydrogen) atoms. The molecule has 0 aliphatic carbocycles. The molecule has 0 radical (unpaired) electrons. The topological polar surface area (TPSA) is 33.7 Å². The Bertz CT molecular complexity index is 726. The van der Waals surface area contributed by atoms with Crippen molar-refractivity contribution in [2.24, 2.45) is 0 Å². The van der Waals surface area contributed by atoms with Crippen LogP contribution in [0.1, 0.15) is 42.0 Å². The summed E-state index contributed by atoms with van der Waals surface area (Å²) < 4.78 is 10.9. The van der Waals surface area contributed by atoms with Crippen LogP contribution in [0.25, 0.3) is 0 Å². The maximum absolute atomic E-state index is 5.54. The van der Waals surface area contributed by atoms with Crippen molar-refractivity contribution in [3.8, 4) is 11.5 Å². The molecule has 4 nitrogen and oxygen atoms in total. The number of benzene rings is 2. The summed E-state index contributed by atoms with van der Waals surface area (Å²) in [6.45, 7) is 6.27. The first-order chi connectivity index (χ1) is 13.2. The number of hydrogen-bond donors (Lipinski definition) is 1. The normalized spacial score (nSPS) is 16.1. The lowest BCUT2D eigenvalue weighted by Crippen LogP contribution is -2.39. The number of nitrogens with one attached hydrogen (secondary N) is 1. The molecule has 1 unspecified atom stereocenters. The van der Waals surface area contributed by atoms with E-state index >= 15 is 0 Å². The van der Waals surface area contributed by atoms with Crippen LogP contribution in [0.4, 0.5) is 0 Å². The lowest BCUT2D eigenvalue weighted by atomic mass is 10.0. The second kappa shape index (κ2) is 9.77. The number of piperidine rings is 1. The molecule has 2 aromatic rings. The highest BCUT2D eigenvalue weighted by Gasteiger charge is 2.23. The molecule has 1 aliphatic heterocycles. The number of nitrogens with zero attached hydrogens (tertiary/aromatic N) is 1. The minimum Gasteiger partial charge on any atom is -0.493 e. The van der Waals surface area contributed by atoms with Crippen molar-refractivity contribution in [3.05, 3.63) is 59.2 Å². The van der Waals surface area contributed by atoms with Gasteiger partial charge < -0.3 is 14.8 Å². The zero-order valence-electron chi connectivity index (χ0n) is 16.8. The summed E-state index contributed by atoms with van der Waals surface area (Å²) in [6.07, 6.45) is 3.90. The predicted molar refractivity (Wildman–Crippen MR) is 111 cm³/mol. The highest BCUT2D eigenvalue weighted by Crippen LogP contribution is 2.32. The van der Waals surface area contributed by atoms with Gasteiger partial charge >= 0.3 is 0 Å². The van der Waals surface area contributed by atoms with E-state index in [1.165, 1.54) is 36.0 Å². The van der Waals surface area contributed by atoms with Crippen LogP contribution in [0.3, 0.4) is 0 Å². The minimum absolute atomic E-state index is 0.343. The number of rotatable bonds is 8. The number of aryl methyl sites for hydroxylation is 1. The lowest BCUT2D eigenvalue weighted by molar-refractivity contribution is 0.160. The summed E-state index contributed by atoms with van der Waals surface area (Å²) >= 11 is 0. The largest absolute Gasteiger partial charge is 0.493 e. The maximum Gasteiger partial charge on any atom is 0.161 e. The second-order valence-corrected chi connectivity index (χ2v) is 7.35. The Labute approximate surface area is 163 Å². The molecule has 0 aromatic heterocycles. The molecule has 1 heterocycles. The Morgan fingerprint density at radius 2 is 1.74 bits per heavy atom. The molecule has 0 bridgehead atoms. The molecule has 1 aliphatic rings. The van der Waals surface area contributed by atoms with Gasteiger partial charge in [-0.15, -0.1) is 0 Å². The Morgan fingerprint density at radius 1 is 0.963 bits per heavy atom. The van der Waals surface area contributed by atoms with E-state index in [4.69, 9.17) is 9.47 Å². The van der Waals surface area contributed by atoms with Crippen LogP contribution in [0.5, 0.6) is 11.5 Å². The van der Waals surface area contributed by atoms with E-state index in [9.17, 15) is 0 Å². The van der Waals surface area contributed by atoms with Gasteiger partial charge in [-0.25, -0.2) is 0 Å². The molecule has 1 fully saturated rings. The van der Waals surface area contributed by atoms with E-state index in [1.807, 2.05) is 6.07 Å². The molecule has 1 N–H and O–H groups in total. The average molecular weight is 369 g/mol. The van der Waals surface area contributed by atoms with Crippen molar-refractivity contribution in [2.75, 3.05) is 33.9 Å². The van der Waals surface area contributed by atoms with Gasteiger partial charge in [0.25, 0.3) is 0 Å². The van der Waals surface area contributed by atoms with Gasteiger partial charge in [-0.05, 0) is 56.1 Å². The number of ether oxygens (including phenoxy) is 2. The van der Waals surface area contributed by atoms with Crippen molar-refractivity contribution in [1.29, 1.82) is 0 Å². The van der Waals surface area contributed by atoms with Gasteiger partial charge in [0.15, 0.2) is 11.5 Å². The van der Waals surface area contributed by atoms with Crippen LogP contribution in [0.2, 0.25) is 0 Å². The average Bonchev–Trinajstić information content (AvgIpc) is 2.71. The van der Waals surface area contributed by atoms with E-state index in [0.29, 0.717) is 6.04 Å². The number of hydrogen-bond acceptors (Lipinski definition) is 4. The van der Waals surface area contributed by atoms with Crippen LogP contribution in [0.15, 0.2) is 42.5 Å². The summed E-state index contributed by atoms with van der Waals surface area (Å²) in [5, 5.41) is 3.68. The zero-order chi connectivity index (χ0) is 19.1. The third-order valence-corrected chi connectivity index (χ3v) is 5.37. The van der Waals surface area contributed by atoms with Gasteiger partial charge in [-0.2, -0.15) is 0 Å². The van der Waals surface area contributed by atoms with Gasteiger partial charge in [0.1, 0.15) is 0 Å². The number of likely N-dealkylation sites (tertiary alicyclic amines) is 1. The molecule has 0 spiro atoms. The van der Waals surface area contributed by atoms with Crippen LogP contribution in [-0.4, -0.2) is 38.8 Å². The van der Waals surface area contributed by atoms with E-state index < -0.39 is 0 Å². The molecule has 0 amide bonds. The van der Waals surface area contributed by atoms with Gasteiger partial charge in [0, 0.05) is 19.1 Å². The third kappa shape index (κ3) is 5.24. The van der Waals surface area contributed by atoms with Crippen LogP contribution < -0.4 is 14.8 Å². The fraction of sp³-hybridized carbons (Fsp3) is 0.478. The Balaban J connectivity index is 1.74. The molecular weight excluding hydrogens is 336 g/mol. The summed E-state index contributed by atoms with van der Waals surface area (Å²) in [5.74, 6) is 1.59. The van der Waals surface area contributed by atoms with E-state index in [0.717, 1.165) is 37.7 Å². The molecule has 3 rings (SSSR count). The molecule has 1 saturated heterocycles. The highest BCUT2D eigenvalue weighted by atomic mass is 16.5. The first kappa shape index (κ1) is 19.7. The third-order valence-electron chi connectivity index (χ3n) is 5.37. The quantitative estimate of drug-likeness (QED) is 0.752. The summed E-state index contributed by atoms with van der Waals surface area (Å²) in [6, 6.07) is 15.4. The Morgan fingerprint density at radius 3 is 2.44 bits per heavy atom. The summed E-state index contributed by atoms with van der Waals surface area (Å²) in [4.78, 5) is 2.61. The SMILES string of the molecule is COc1ccc(C(CNCc2cccc(C)c2)N2CCCCC2)cc1OC. The van der Waals surface area contributed by atoms with Crippen LogP contribution in [-0.2, 0) is 6.54 Å². The van der Waals surface area contributed by atoms with Crippen LogP contribution >= 0.6 is 0 Å². The van der Waals surface area contributed by atoms with E-state index in [-0.39, 0.29) is 0 Å². The van der Waals surface area contributed by atoms with Gasteiger partial charge in [0.2, 0.25) is 0 Å². The Hall–Kier alpha value is -2.04. The van der Waals surface area contributed by atoms with Crippen molar-refractivity contribution >= 4 is 0 Å². The van der Waals surface area contributed by atoms with E-state index in [2.05, 4.69) is 53.5 Å². The fourth-order valence-electron chi connectivity index (χ4n) is 3.92. The molecule has 1 atom stereocenters. The smallest absolute Gasteiger partial charge is 0.161 e. The van der Waals surface area contributed by atoms with Gasteiger partial charge in [-0.1, -0.05) is 42.3 Å².